The summed E-state index contributed by atoms with van der Waals surface area (Å²) in [5.41, 5.74) is 1.31. The van der Waals surface area contributed by atoms with E-state index in [4.69, 9.17) is 11.6 Å². The zero-order valence-electron chi connectivity index (χ0n) is 40.2. The lowest BCUT2D eigenvalue weighted by Crippen LogP contribution is -2.51. The van der Waals surface area contributed by atoms with Crippen LogP contribution < -0.4 is 20.3 Å². The summed E-state index contributed by atoms with van der Waals surface area (Å²) in [6.07, 6.45) is 2.39. The van der Waals surface area contributed by atoms with E-state index in [9.17, 15) is 32.3 Å². The number of hydrogen-bond donors (Lipinski definition) is 3. The van der Waals surface area contributed by atoms with E-state index in [1.54, 1.807) is 61.7 Å². The van der Waals surface area contributed by atoms with Crippen molar-refractivity contribution in [3.8, 4) is 28.1 Å². The Morgan fingerprint density at radius 3 is 2.00 bits per heavy atom. The Labute approximate surface area is 393 Å². The van der Waals surface area contributed by atoms with Crippen LogP contribution >= 0.6 is 11.6 Å². The van der Waals surface area contributed by atoms with Crippen LogP contribution in [0, 0.1) is 5.41 Å². The van der Waals surface area contributed by atoms with Crippen molar-refractivity contribution in [3.63, 3.8) is 0 Å². The van der Waals surface area contributed by atoms with Crippen LogP contribution in [-0.2, 0) is 19.1 Å². The number of aromatic nitrogens is 3. The van der Waals surface area contributed by atoms with Crippen molar-refractivity contribution in [1.82, 2.24) is 30.1 Å². The lowest BCUT2D eigenvalue weighted by atomic mass is 9.94. The number of benzene rings is 2. The van der Waals surface area contributed by atoms with E-state index in [1.807, 2.05) is 44.4 Å². The molecular weight excluding hydrogens is 877 g/mol. The van der Waals surface area contributed by atoms with Crippen LogP contribution in [0.3, 0.4) is 0 Å². The molecule has 0 spiro atoms. The summed E-state index contributed by atoms with van der Waals surface area (Å²) < 4.78 is 49.5. The molecule has 4 aromatic rings. The van der Waals surface area contributed by atoms with Gasteiger partial charge in [0.25, 0.3) is 5.91 Å². The van der Waals surface area contributed by atoms with Gasteiger partial charge in [0.2, 0.25) is 18.2 Å². The molecule has 4 amide bonds. The molecule has 2 fully saturated rings. The van der Waals surface area contributed by atoms with Gasteiger partial charge in [0.05, 0.1) is 40.8 Å². The molecule has 1 atom stereocenters. The maximum absolute atomic E-state index is 13.6. The van der Waals surface area contributed by atoms with E-state index in [1.165, 1.54) is 25.1 Å². The number of aromatic amines is 1. The summed E-state index contributed by atoms with van der Waals surface area (Å²) in [6, 6.07) is 11.9. The average molecular weight is 946 g/mol. The Bertz CT molecular complexity index is 2100. The average Bonchev–Trinajstić information content (AvgIpc) is 3.99. The third kappa shape index (κ3) is 17.0. The zero-order valence-corrected chi connectivity index (χ0v) is 41.0. The minimum absolute atomic E-state index is 0.0218. The van der Waals surface area contributed by atoms with E-state index in [0.717, 1.165) is 12.5 Å². The SMILES string of the molecule is CC.CC(C)(C)C(=O)N1CCN(c2ccc(C(=O)Nc3cc(OC(F)(F)F)c(-c4ccc(-c5cnc(C6CCCN6C(=O)CNC=O)[nH]5)cc4)cc3Cl)cn2)CC1.CCC.CCC.COC. The first-order valence-corrected chi connectivity index (χ1v) is 22.7. The number of nitrogens with one attached hydrogen (secondary N) is 3. The molecule has 14 nitrogen and oxygen atoms in total. The molecule has 4 heterocycles. The highest BCUT2D eigenvalue weighted by molar-refractivity contribution is 6.34. The van der Waals surface area contributed by atoms with Crippen LogP contribution in [0.2, 0.25) is 5.02 Å². The monoisotopic (exact) mass is 944 g/mol. The molecule has 2 aliphatic rings. The number of pyridine rings is 1. The Hall–Kier alpha value is -5.68. The van der Waals surface area contributed by atoms with E-state index in [0.29, 0.717) is 74.0 Å². The van der Waals surface area contributed by atoms with Crippen LogP contribution in [0.15, 0.2) is 60.9 Å². The summed E-state index contributed by atoms with van der Waals surface area (Å²) in [6.45, 7) is 20.8. The van der Waals surface area contributed by atoms with Crippen molar-refractivity contribution in [1.29, 1.82) is 0 Å². The standard InChI is InChI=1S/C38H40ClF3N8O5.2C3H8.C2H6O.C2H6/c1-37(2,3)36(54)49-15-13-48(14-16-49)32-11-10-25(19-44-32)35(53)47-28-18-31(55-38(40,41)42)26(17-27(28)39)23-6-8-24(9-7-23)29-20-45-34(46-29)30-5-4-12-50(30)33(52)21-43-22-51;3*1-3-2;1-2/h6-11,17-20,22,30H,4-5,12-16,21H2,1-3H3,(H,43,51)(H,45,46)(H,47,53);2*3H2,1-2H3;1-2H3;1-2H3. The minimum Gasteiger partial charge on any atom is -0.405 e. The Morgan fingerprint density at radius 1 is 0.879 bits per heavy atom. The summed E-state index contributed by atoms with van der Waals surface area (Å²) in [4.78, 5) is 66.7. The van der Waals surface area contributed by atoms with E-state index >= 15 is 0 Å². The second-order valence-electron chi connectivity index (χ2n) is 16.1. The molecule has 0 saturated carbocycles. The number of carbonyl (C=O) groups excluding carboxylic acids is 4. The van der Waals surface area contributed by atoms with E-state index in [-0.39, 0.29) is 46.2 Å². The number of rotatable bonds is 10. The molecule has 1 unspecified atom stereocenters. The van der Waals surface area contributed by atoms with Crippen molar-refractivity contribution in [2.75, 3.05) is 63.7 Å². The fraction of sp³-hybridized carbons (Fsp3) is 0.500. The highest BCUT2D eigenvalue weighted by atomic mass is 35.5. The molecule has 2 saturated heterocycles. The number of likely N-dealkylation sites (tertiary alicyclic amines) is 1. The van der Waals surface area contributed by atoms with Crippen LogP contribution in [0.5, 0.6) is 5.75 Å². The summed E-state index contributed by atoms with van der Waals surface area (Å²) in [7, 11) is 3.25. The van der Waals surface area contributed by atoms with Crippen LogP contribution in [0.4, 0.5) is 24.7 Å². The molecule has 2 aliphatic heterocycles. The topological polar surface area (TPSA) is 162 Å². The molecule has 2 aromatic carbocycles. The maximum atomic E-state index is 13.6. The maximum Gasteiger partial charge on any atom is 0.573 e. The number of imidazole rings is 1. The number of methoxy groups -OCH3 is 1. The van der Waals surface area contributed by atoms with Gasteiger partial charge in [-0.05, 0) is 42.2 Å². The number of carbonyl (C=O) groups is 4. The van der Waals surface area contributed by atoms with Crippen molar-refractivity contribution in [2.24, 2.45) is 5.41 Å². The molecule has 3 N–H and O–H groups in total. The Kier molecular flexibility index (Phi) is 23.7. The second kappa shape index (κ2) is 27.7. The lowest BCUT2D eigenvalue weighted by Gasteiger charge is -2.38. The largest absolute Gasteiger partial charge is 0.573 e. The number of piperazine rings is 1. The van der Waals surface area contributed by atoms with Gasteiger partial charge in [-0.3, -0.25) is 19.2 Å². The third-order valence-electron chi connectivity index (χ3n) is 9.41. The number of anilines is 2. The molecule has 0 aliphatic carbocycles. The molecule has 0 bridgehead atoms. The van der Waals surface area contributed by atoms with Gasteiger partial charge < -0.3 is 39.8 Å². The fourth-order valence-corrected chi connectivity index (χ4v) is 6.87. The highest BCUT2D eigenvalue weighted by Gasteiger charge is 2.34. The molecule has 66 heavy (non-hydrogen) atoms. The van der Waals surface area contributed by atoms with Crippen molar-refractivity contribution in [2.45, 2.75) is 100 Å². The fourth-order valence-electron chi connectivity index (χ4n) is 6.66. The summed E-state index contributed by atoms with van der Waals surface area (Å²) in [5.74, 6) is -0.150. The number of nitrogens with zero attached hydrogens (tertiary/aromatic N) is 5. The summed E-state index contributed by atoms with van der Waals surface area (Å²) >= 11 is 6.53. The van der Waals surface area contributed by atoms with Crippen molar-refractivity contribution < 1.29 is 41.8 Å². The van der Waals surface area contributed by atoms with Gasteiger partial charge in [0.1, 0.15) is 17.4 Å². The Balaban J connectivity index is 0.00000124. The molecule has 364 valence electrons. The third-order valence-corrected chi connectivity index (χ3v) is 9.73. The highest BCUT2D eigenvalue weighted by Crippen LogP contribution is 2.41. The van der Waals surface area contributed by atoms with Crippen LogP contribution in [0.1, 0.15) is 110 Å². The predicted octanol–water partition coefficient (Wildman–Crippen LogP) is 10.2. The number of alkyl halides is 3. The van der Waals surface area contributed by atoms with Crippen LogP contribution in [0.25, 0.3) is 22.4 Å². The van der Waals surface area contributed by atoms with Gasteiger partial charge in [0.15, 0.2) is 0 Å². The van der Waals surface area contributed by atoms with Gasteiger partial charge in [-0.2, -0.15) is 0 Å². The summed E-state index contributed by atoms with van der Waals surface area (Å²) in [5, 5.41) is 4.94. The van der Waals surface area contributed by atoms with E-state index < -0.39 is 23.4 Å². The normalized spacial score (nSPS) is 14.4. The van der Waals surface area contributed by atoms with Gasteiger partial charge in [0, 0.05) is 70.2 Å². The van der Waals surface area contributed by atoms with Gasteiger partial charge in [-0.1, -0.05) is 111 Å². The number of H-pyrrole nitrogens is 1. The zero-order chi connectivity index (χ0) is 49.6. The molecule has 2 aromatic heterocycles. The lowest BCUT2D eigenvalue weighted by molar-refractivity contribution is -0.274. The van der Waals surface area contributed by atoms with Crippen molar-refractivity contribution >= 4 is 47.2 Å². The molecule has 6 rings (SSSR count). The minimum atomic E-state index is -5.04. The number of hydrogen-bond acceptors (Lipinski definition) is 9. The molecule has 18 heteroatoms. The van der Waals surface area contributed by atoms with Gasteiger partial charge in [-0.15, -0.1) is 13.2 Å². The molecule has 0 radical (unpaired) electrons. The number of amides is 4. The van der Waals surface area contributed by atoms with Gasteiger partial charge >= 0.3 is 6.36 Å². The number of halogens is 4. The molecular formula is C48H68ClF3N8O6. The Morgan fingerprint density at radius 2 is 1.47 bits per heavy atom. The number of ether oxygens (including phenoxy) is 2. The van der Waals surface area contributed by atoms with Gasteiger partial charge in [-0.25, -0.2) is 9.97 Å². The predicted molar refractivity (Wildman–Crippen MR) is 256 cm³/mol. The first-order chi connectivity index (χ1) is 31.3. The first-order valence-electron chi connectivity index (χ1n) is 22.3. The van der Waals surface area contributed by atoms with E-state index in [2.05, 4.69) is 62.8 Å². The van der Waals surface area contributed by atoms with Crippen LogP contribution in [-0.4, -0.2) is 109 Å². The quantitative estimate of drug-likeness (QED) is 0.131. The second-order valence-corrected chi connectivity index (χ2v) is 16.5. The van der Waals surface area contributed by atoms with Crippen molar-refractivity contribution in [3.05, 3.63) is 77.3 Å². The first kappa shape index (κ1) is 56.4. The smallest absolute Gasteiger partial charge is 0.405 e.